The van der Waals surface area contributed by atoms with E-state index in [2.05, 4.69) is 0 Å². The molecule has 3 N–H and O–H groups in total. The second-order valence-electron chi connectivity index (χ2n) is 2.72. The summed E-state index contributed by atoms with van der Waals surface area (Å²) in [5.74, 6) is -1.90. The summed E-state index contributed by atoms with van der Waals surface area (Å²) in [4.78, 5) is 21.5. The fourth-order valence-electron chi connectivity index (χ4n) is 0.656. The Hall–Kier alpha value is -0.940. The van der Waals surface area contributed by atoms with Crippen molar-refractivity contribution in [3.8, 4) is 0 Å². The molecule has 0 amide bonds. The van der Waals surface area contributed by atoms with Crippen LogP contribution in [0.5, 0.6) is 0 Å². The van der Waals surface area contributed by atoms with Gasteiger partial charge in [-0.25, -0.2) is 4.79 Å². The highest BCUT2D eigenvalue weighted by Crippen LogP contribution is 2.13. The Morgan fingerprint density at radius 2 is 2.00 bits per heavy atom. The molecule has 0 radical (unpaired) electrons. The number of carboxylic acids is 1. The van der Waals surface area contributed by atoms with Gasteiger partial charge in [-0.1, -0.05) is 0 Å². The number of hydrogen-bond donors (Lipinski definition) is 2. The third-order valence-electron chi connectivity index (χ3n) is 1.50. The molecule has 0 fully saturated rings. The fourth-order valence-corrected chi connectivity index (χ4v) is 0.656. The molecule has 0 heterocycles. The topological polar surface area (TPSA) is 89.6 Å². The molecule has 0 aromatic rings. The van der Waals surface area contributed by atoms with E-state index in [0.29, 0.717) is 0 Å². The summed E-state index contributed by atoms with van der Waals surface area (Å²) in [6.07, 6.45) is -0.782. The zero-order chi connectivity index (χ0) is 9.94. The number of ketones is 1. The van der Waals surface area contributed by atoms with Crippen LogP contribution < -0.4 is 5.73 Å². The van der Waals surface area contributed by atoms with E-state index in [9.17, 15) is 9.59 Å². The average molecular weight is 175 g/mol. The molecule has 0 aliphatic carbocycles. The van der Waals surface area contributed by atoms with Gasteiger partial charge >= 0.3 is 5.97 Å². The van der Waals surface area contributed by atoms with Crippen LogP contribution in [0.4, 0.5) is 0 Å². The van der Waals surface area contributed by atoms with Crippen LogP contribution >= 0.6 is 0 Å². The van der Waals surface area contributed by atoms with Crippen LogP contribution in [0.1, 0.15) is 20.8 Å². The summed E-state index contributed by atoms with van der Waals surface area (Å²) >= 11 is 0. The van der Waals surface area contributed by atoms with Crippen LogP contribution in [0.2, 0.25) is 0 Å². The first-order chi connectivity index (χ1) is 5.30. The van der Waals surface area contributed by atoms with Gasteiger partial charge in [-0.3, -0.25) is 4.79 Å². The second-order valence-corrected chi connectivity index (χ2v) is 2.72. The third-order valence-corrected chi connectivity index (χ3v) is 1.50. The molecule has 2 unspecified atom stereocenters. The van der Waals surface area contributed by atoms with Crippen molar-refractivity contribution in [2.24, 2.45) is 5.73 Å². The van der Waals surface area contributed by atoms with Crippen molar-refractivity contribution in [3.05, 3.63) is 0 Å². The van der Waals surface area contributed by atoms with Gasteiger partial charge in [-0.05, 0) is 20.8 Å². The first-order valence-corrected chi connectivity index (χ1v) is 3.48. The smallest absolute Gasteiger partial charge is 0.343 e. The maximum atomic E-state index is 10.9. The number of rotatable bonds is 4. The number of nitrogens with two attached hydrogens (primary N) is 1. The standard InChI is InChI=1S/C7H13NO4/c1-4(9)7(3,6(10)11)12-5(2)8/h5H,8H2,1-3H3,(H,10,11). The summed E-state index contributed by atoms with van der Waals surface area (Å²) in [5, 5.41) is 8.65. The van der Waals surface area contributed by atoms with Crippen molar-refractivity contribution in [2.75, 3.05) is 0 Å². The van der Waals surface area contributed by atoms with E-state index in [1.165, 1.54) is 13.8 Å². The van der Waals surface area contributed by atoms with Gasteiger partial charge in [0.25, 0.3) is 0 Å². The lowest BCUT2D eigenvalue weighted by Crippen LogP contribution is -2.48. The minimum atomic E-state index is -1.83. The van der Waals surface area contributed by atoms with E-state index >= 15 is 0 Å². The van der Waals surface area contributed by atoms with Crippen molar-refractivity contribution >= 4 is 11.8 Å². The Labute approximate surface area is 70.5 Å². The van der Waals surface area contributed by atoms with Crippen LogP contribution in [0.25, 0.3) is 0 Å². The zero-order valence-electron chi connectivity index (χ0n) is 7.33. The van der Waals surface area contributed by atoms with E-state index in [4.69, 9.17) is 15.6 Å². The van der Waals surface area contributed by atoms with Crippen LogP contribution in [0.3, 0.4) is 0 Å². The number of ether oxygens (including phenoxy) is 1. The molecule has 0 aliphatic rings. The first kappa shape index (κ1) is 11.1. The van der Waals surface area contributed by atoms with Gasteiger partial charge in [0, 0.05) is 0 Å². The lowest BCUT2D eigenvalue weighted by molar-refractivity contribution is -0.174. The maximum absolute atomic E-state index is 10.9. The zero-order valence-corrected chi connectivity index (χ0v) is 7.33. The van der Waals surface area contributed by atoms with Gasteiger partial charge in [0.1, 0.15) is 6.23 Å². The molecule has 70 valence electrons. The molecule has 0 rings (SSSR count). The lowest BCUT2D eigenvalue weighted by Gasteiger charge is -2.24. The molecule has 2 atom stereocenters. The predicted octanol–water partition coefficient (Wildman–Crippen LogP) is -0.260. The van der Waals surface area contributed by atoms with Crippen molar-refractivity contribution < 1.29 is 19.4 Å². The highest BCUT2D eigenvalue weighted by molar-refractivity contribution is 6.04. The van der Waals surface area contributed by atoms with Gasteiger partial charge in [0.2, 0.25) is 5.60 Å². The molecule has 5 nitrogen and oxygen atoms in total. The van der Waals surface area contributed by atoms with Crippen LogP contribution in [0, 0.1) is 0 Å². The highest BCUT2D eigenvalue weighted by atomic mass is 16.5. The summed E-state index contributed by atoms with van der Waals surface area (Å²) in [7, 11) is 0. The summed E-state index contributed by atoms with van der Waals surface area (Å²) in [5.41, 5.74) is 3.39. The van der Waals surface area contributed by atoms with Gasteiger partial charge in [0.15, 0.2) is 5.78 Å². The average Bonchev–Trinajstić information content (AvgIpc) is 1.84. The number of hydrogen-bond acceptors (Lipinski definition) is 4. The lowest BCUT2D eigenvalue weighted by atomic mass is 10.0. The molecule has 0 saturated heterocycles. The SMILES string of the molecule is CC(=O)C(C)(OC(C)N)C(=O)O. The minimum Gasteiger partial charge on any atom is -0.479 e. The number of carbonyl (C=O) groups is 2. The van der Waals surface area contributed by atoms with Gasteiger partial charge < -0.3 is 15.6 Å². The number of Topliss-reactive ketones (excluding diaryl/α,β-unsaturated/α-hetero) is 1. The molecule has 5 heteroatoms. The monoisotopic (exact) mass is 175 g/mol. The normalized spacial score (nSPS) is 18.0. The summed E-state index contributed by atoms with van der Waals surface area (Å²) < 4.78 is 4.79. The fraction of sp³-hybridized carbons (Fsp3) is 0.714. The first-order valence-electron chi connectivity index (χ1n) is 3.48. The van der Waals surface area contributed by atoms with E-state index in [1.54, 1.807) is 0 Å². The number of carboxylic acid groups (broad SMARTS) is 1. The number of aliphatic carboxylic acids is 1. The van der Waals surface area contributed by atoms with Crippen LogP contribution in [-0.2, 0) is 14.3 Å². The molecular formula is C7H13NO4. The Kier molecular flexibility index (Phi) is 3.36. The van der Waals surface area contributed by atoms with Crippen molar-refractivity contribution in [1.29, 1.82) is 0 Å². The molecule has 0 bridgehead atoms. The minimum absolute atomic E-state index is 0.577. The van der Waals surface area contributed by atoms with E-state index in [0.717, 1.165) is 6.92 Å². The predicted molar refractivity (Wildman–Crippen MR) is 41.5 cm³/mol. The molecule has 0 saturated carbocycles. The quantitative estimate of drug-likeness (QED) is 0.454. The molecule has 0 aromatic heterocycles. The maximum Gasteiger partial charge on any atom is 0.343 e. The molecule has 12 heavy (non-hydrogen) atoms. The Balaban J connectivity index is 4.63. The van der Waals surface area contributed by atoms with Crippen LogP contribution in [0.15, 0.2) is 0 Å². The van der Waals surface area contributed by atoms with Crippen LogP contribution in [-0.4, -0.2) is 28.7 Å². The Morgan fingerprint density at radius 3 is 2.08 bits per heavy atom. The largest absolute Gasteiger partial charge is 0.479 e. The van der Waals surface area contributed by atoms with E-state index in [-0.39, 0.29) is 0 Å². The summed E-state index contributed by atoms with van der Waals surface area (Å²) in [6, 6.07) is 0. The van der Waals surface area contributed by atoms with E-state index in [1.807, 2.05) is 0 Å². The number of carbonyl (C=O) groups excluding carboxylic acids is 1. The molecular weight excluding hydrogens is 162 g/mol. The van der Waals surface area contributed by atoms with E-state index < -0.39 is 23.6 Å². The van der Waals surface area contributed by atoms with Crippen molar-refractivity contribution in [3.63, 3.8) is 0 Å². The highest BCUT2D eigenvalue weighted by Gasteiger charge is 2.40. The van der Waals surface area contributed by atoms with Gasteiger partial charge in [-0.15, -0.1) is 0 Å². The second kappa shape index (κ2) is 3.64. The van der Waals surface area contributed by atoms with Gasteiger partial charge in [0.05, 0.1) is 0 Å². The van der Waals surface area contributed by atoms with Crippen molar-refractivity contribution in [2.45, 2.75) is 32.6 Å². The third kappa shape index (κ3) is 2.28. The Morgan fingerprint density at radius 1 is 1.58 bits per heavy atom. The van der Waals surface area contributed by atoms with Crippen molar-refractivity contribution in [1.82, 2.24) is 0 Å². The molecule has 0 aromatic carbocycles. The van der Waals surface area contributed by atoms with Gasteiger partial charge in [-0.2, -0.15) is 0 Å². The summed E-state index contributed by atoms with van der Waals surface area (Å²) in [6.45, 7) is 3.79. The Bertz CT molecular complexity index is 186. The molecule has 0 aliphatic heterocycles. The molecule has 0 spiro atoms.